The molecule has 0 saturated carbocycles. The number of benzene rings is 1. The maximum Gasteiger partial charge on any atom is 0.254 e. The number of nitrogens with zero attached hydrogens (tertiary/aromatic N) is 1. The Morgan fingerprint density at radius 1 is 1.18 bits per heavy atom. The van der Waals surface area contributed by atoms with E-state index in [-0.39, 0.29) is 11.3 Å². The number of carbonyl (C=O) groups excluding carboxylic acids is 1. The zero-order valence-electron chi connectivity index (χ0n) is 12.4. The summed E-state index contributed by atoms with van der Waals surface area (Å²) in [6.07, 6.45) is 4.01. The van der Waals surface area contributed by atoms with Crippen molar-refractivity contribution in [2.24, 2.45) is 0 Å². The summed E-state index contributed by atoms with van der Waals surface area (Å²) in [4.78, 5) is 16.0. The summed E-state index contributed by atoms with van der Waals surface area (Å²) < 4.78 is 24.0. The van der Waals surface area contributed by atoms with Gasteiger partial charge in [-0.3, -0.25) is 9.78 Å². The first-order valence-electron chi connectivity index (χ1n) is 6.74. The summed E-state index contributed by atoms with van der Waals surface area (Å²) in [6, 6.07) is 6.19. The van der Waals surface area contributed by atoms with Gasteiger partial charge in [0.15, 0.2) is 11.5 Å². The van der Waals surface area contributed by atoms with E-state index in [4.69, 9.17) is 9.47 Å². The van der Waals surface area contributed by atoms with E-state index in [9.17, 15) is 9.18 Å². The second-order valence-corrected chi connectivity index (χ2v) is 4.55. The molecular weight excluding hydrogens is 287 g/mol. The van der Waals surface area contributed by atoms with E-state index in [0.29, 0.717) is 18.7 Å². The average molecular weight is 304 g/mol. The van der Waals surface area contributed by atoms with Crippen molar-refractivity contribution >= 4 is 5.91 Å². The topological polar surface area (TPSA) is 60.5 Å². The number of ether oxygens (including phenoxy) is 2. The number of aromatic nitrogens is 1. The van der Waals surface area contributed by atoms with Gasteiger partial charge in [-0.2, -0.15) is 0 Å². The van der Waals surface area contributed by atoms with Crippen LogP contribution >= 0.6 is 0 Å². The summed E-state index contributed by atoms with van der Waals surface area (Å²) in [5.41, 5.74) is 0.968. The first kappa shape index (κ1) is 15.8. The lowest BCUT2D eigenvalue weighted by Crippen LogP contribution is -2.26. The fourth-order valence-corrected chi connectivity index (χ4v) is 1.99. The Bertz CT molecular complexity index is 647. The van der Waals surface area contributed by atoms with E-state index in [0.717, 1.165) is 11.6 Å². The van der Waals surface area contributed by atoms with Gasteiger partial charge < -0.3 is 14.8 Å². The predicted molar refractivity (Wildman–Crippen MR) is 79.8 cm³/mol. The molecule has 0 saturated heterocycles. The van der Waals surface area contributed by atoms with Gasteiger partial charge in [-0.05, 0) is 30.2 Å². The van der Waals surface area contributed by atoms with Crippen LogP contribution in [0.15, 0.2) is 36.7 Å². The highest BCUT2D eigenvalue weighted by molar-refractivity contribution is 5.95. The van der Waals surface area contributed by atoms with Crippen molar-refractivity contribution in [2.75, 3.05) is 20.8 Å². The van der Waals surface area contributed by atoms with E-state index < -0.39 is 11.7 Å². The average Bonchev–Trinajstić information content (AvgIpc) is 2.55. The number of carbonyl (C=O) groups is 1. The highest BCUT2D eigenvalue weighted by atomic mass is 19.1. The molecule has 116 valence electrons. The van der Waals surface area contributed by atoms with E-state index in [1.165, 1.54) is 20.3 Å². The molecule has 22 heavy (non-hydrogen) atoms. The van der Waals surface area contributed by atoms with Gasteiger partial charge >= 0.3 is 0 Å². The number of amides is 1. The molecule has 1 amide bonds. The van der Waals surface area contributed by atoms with Crippen molar-refractivity contribution in [1.29, 1.82) is 0 Å². The largest absolute Gasteiger partial charge is 0.493 e. The molecule has 2 aromatic rings. The van der Waals surface area contributed by atoms with Gasteiger partial charge in [-0.1, -0.05) is 0 Å². The summed E-state index contributed by atoms with van der Waals surface area (Å²) >= 11 is 0. The molecule has 0 fully saturated rings. The number of hydrogen-bond donors (Lipinski definition) is 1. The molecule has 2 rings (SSSR count). The Kier molecular flexibility index (Phi) is 5.30. The molecule has 6 heteroatoms. The normalized spacial score (nSPS) is 10.1. The minimum absolute atomic E-state index is 0.0765. The molecule has 5 nitrogen and oxygen atoms in total. The molecule has 0 aliphatic carbocycles. The Morgan fingerprint density at radius 2 is 1.82 bits per heavy atom. The molecule has 1 heterocycles. The van der Waals surface area contributed by atoms with Crippen LogP contribution in [0.25, 0.3) is 0 Å². The molecular formula is C16H17FN2O3. The summed E-state index contributed by atoms with van der Waals surface area (Å²) in [5.74, 6) is -0.594. The van der Waals surface area contributed by atoms with Gasteiger partial charge in [0.2, 0.25) is 0 Å². The van der Waals surface area contributed by atoms with Crippen LogP contribution in [0, 0.1) is 5.82 Å². The summed E-state index contributed by atoms with van der Waals surface area (Å²) in [5, 5.41) is 2.68. The maximum atomic E-state index is 13.9. The lowest BCUT2D eigenvalue weighted by atomic mass is 10.1. The molecule has 1 aromatic carbocycles. The first-order chi connectivity index (χ1) is 10.7. The quantitative estimate of drug-likeness (QED) is 0.889. The van der Waals surface area contributed by atoms with Crippen LogP contribution in [0.4, 0.5) is 4.39 Å². The van der Waals surface area contributed by atoms with Crippen LogP contribution in [0.2, 0.25) is 0 Å². The minimum Gasteiger partial charge on any atom is -0.493 e. The van der Waals surface area contributed by atoms with Crippen molar-refractivity contribution in [3.05, 3.63) is 53.6 Å². The van der Waals surface area contributed by atoms with Crippen LogP contribution in [-0.2, 0) is 6.42 Å². The highest BCUT2D eigenvalue weighted by Crippen LogP contribution is 2.29. The minimum atomic E-state index is -0.654. The van der Waals surface area contributed by atoms with Crippen molar-refractivity contribution in [1.82, 2.24) is 10.3 Å². The summed E-state index contributed by atoms with van der Waals surface area (Å²) in [6.45, 7) is 0.399. The third-order valence-corrected chi connectivity index (χ3v) is 3.17. The number of nitrogens with one attached hydrogen (secondary N) is 1. The van der Waals surface area contributed by atoms with Crippen molar-refractivity contribution in [2.45, 2.75) is 6.42 Å². The second kappa shape index (κ2) is 7.40. The third kappa shape index (κ3) is 3.72. The van der Waals surface area contributed by atoms with Gasteiger partial charge in [0.05, 0.1) is 19.8 Å². The zero-order chi connectivity index (χ0) is 15.9. The van der Waals surface area contributed by atoms with Crippen LogP contribution in [0.5, 0.6) is 11.5 Å². The fourth-order valence-electron chi connectivity index (χ4n) is 1.99. The van der Waals surface area contributed by atoms with E-state index in [1.54, 1.807) is 12.4 Å². The number of pyridine rings is 1. The van der Waals surface area contributed by atoms with Crippen LogP contribution in [0.1, 0.15) is 15.9 Å². The lowest BCUT2D eigenvalue weighted by molar-refractivity contribution is 0.0949. The number of methoxy groups -OCH3 is 2. The monoisotopic (exact) mass is 304 g/mol. The van der Waals surface area contributed by atoms with E-state index >= 15 is 0 Å². The van der Waals surface area contributed by atoms with E-state index in [2.05, 4.69) is 10.3 Å². The molecule has 0 spiro atoms. The van der Waals surface area contributed by atoms with Crippen LogP contribution in [0.3, 0.4) is 0 Å². The Hall–Kier alpha value is -2.63. The van der Waals surface area contributed by atoms with Crippen molar-refractivity contribution < 1.29 is 18.7 Å². The highest BCUT2D eigenvalue weighted by Gasteiger charge is 2.16. The first-order valence-corrected chi connectivity index (χ1v) is 6.74. The smallest absolute Gasteiger partial charge is 0.254 e. The molecule has 0 bridgehead atoms. The molecule has 0 atom stereocenters. The number of halogens is 1. The van der Waals surface area contributed by atoms with Crippen LogP contribution < -0.4 is 14.8 Å². The van der Waals surface area contributed by atoms with Crippen molar-refractivity contribution in [3.63, 3.8) is 0 Å². The van der Waals surface area contributed by atoms with Crippen LogP contribution in [-0.4, -0.2) is 31.7 Å². The molecule has 1 N–H and O–H groups in total. The number of rotatable bonds is 6. The van der Waals surface area contributed by atoms with Crippen molar-refractivity contribution in [3.8, 4) is 11.5 Å². The van der Waals surface area contributed by atoms with E-state index in [1.807, 2.05) is 12.1 Å². The van der Waals surface area contributed by atoms with Gasteiger partial charge in [0.25, 0.3) is 5.91 Å². The SMILES string of the molecule is COc1cc(F)c(C(=O)NCCc2ccncc2)cc1OC. The third-order valence-electron chi connectivity index (χ3n) is 3.17. The zero-order valence-corrected chi connectivity index (χ0v) is 12.4. The lowest BCUT2D eigenvalue weighted by Gasteiger charge is -2.11. The fraction of sp³-hybridized carbons (Fsp3) is 0.250. The molecule has 0 aliphatic heterocycles. The molecule has 1 aromatic heterocycles. The standard InChI is InChI=1S/C16H17FN2O3/c1-21-14-9-12(13(17)10-15(14)22-2)16(20)19-8-5-11-3-6-18-7-4-11/h3-4,6-7,9-10H,5,8H2,1-2H3,(H,19,20). The summed E-state index contributed by atoms with van der Waals surface area (Å²) in [7, 11) is 2.84. The van der Waals surface area contributed by atoms with Gasteiger partial charge in [-0.25, -0.2) is 4.39 Å². The van der Waals surface area contributed by atoms with Gasteiger partial charge in [-0.15, -0.1) is 0 Å². The Balaban J connectivity index is 2.03. The molecule has 0 radical (unpaired) electrons. The second-order valence-electron chi connectivity index (χ2n) is 4.55. The molecule has 0 aliphatic rings. The van der Waals surface area contributed by atoms with Gasteiger partial charge in [0, 0.05) is 25.0 Å². The Labute approximate surface area is 128 Å². The predicted octanol–water partition coefficient (Wildman–Crippen LogP) is 2.21. The number of hydrogen-bond acceptors (Lipinski definition) is 4. The maximum absolute atomic E-state index is 13.9. The molecule has 0 unspecified atom stereocenters. The van der Waals surface area contributed by atoms with Gasteiger partial charge in [0.1, 0.15) is 5.82 Å². The Morgan fingerprint density at radius 3 is 2.45 bits per heavy atom.